The first-order valence-corrected chi connectivity index (χ1v) is 8.94. The zero-order valence-electron chi connectivity index (χ0n) is 16.6. The number of hydrogen-bond donors (Lipinski definition) is 1. The van der Waals surface area contributed by atoms with Gasteiger partial charge in [-0.3, -0.25) is 9.67 Å². The number of nitrogens with zero attached hydrogens (tertiary/aromatic N) is 3. The molecule has 5 nitrogen and oxygen atoms in total. The Bertz CT molecular complexity index is 740. The van der Waals surface area contributed by atoms with E-state index < -0.39 is 17.6 Å². The van der Waals surface area contributed by atoms with Crippen LogP contribution in [-0.4, -0.2) is 38.6 Å². The zero-order valence-corrected chi connectivity index (χ0v) is 16.6. The van der Waals surface area contributed by atoms with Gasteiger partial charge in [-0.2, -0.15) is 5.10 Å². The second-order valence-corrected chi connectivity index (χ2v) is 8.06. The molecular weight excluding hydrogens is 351 g/mol. The van der Waals surface area contributed by atoms with E-state index in [-0.39, 0.29) is 17.7 Å². The van der Waals surface area contributed by atoms with Gasteiger partial charge in [-0.1, -0.05) is 19.9 Å². The molecule has 0 amide bonds. The maximum absolute atomic E-state index is 12.7. The van der Waals surface area contributed by atoms with E-state index in [1.165, 1.54) is 12.3 Å². The summed E-state index contributed by atoms with van der Waals surface area (Å²) < 4.78 is 33.0. The highest BCUT2D eigenvalue weighted by Gasteiger charge is 2.35. The predicted molar refractivity (Wildman–Crippen MR) is 101 cm³/mol. The molecule has 0 aliphatic carbocycles. The van der Waals surface area contributed by atoms with Crippen LogP contribution in [0.25, 0.3) is 0 Å². The number of alkyl halides is 2. The first-order chi connectivity index (χ1) is 12.4. The third kappa shape index (κ3) is 5.14. The number of hydrogen-bond acceptors (Lipinski definition) is 4. The van der Waals surface area contributed by atoms with Gasteiger partial charge < -0.3 is 9.76 Å². The highest BCUT2D eigenvalue weighted by atomic mass is 19.3. The quantitative estimate of drug-likeness (QED) is 0.717. The Morgan fingerprint density at radius 3 is 2.30 bits per heavy atom. The molecule has 0 saturated carbocycles. The van der Waals surface area contributed by atoms with Gasteiger partial charge in [0.05, 0.1) is 17.2 Å². The van der Waals surface area contributed by atoms with Gasteiger partial charge in [0.2, 0.25) is 0 Å². The lowest BCUT2D eigenvalue weighted by Crippen LogP contribution is -2.49. The summed E-state index contributed by atoms with van der Waals surface area (Å²) >= 11 is 0. The largest absolute Gasteiger partial charge is 0.427 e. The molecule has 2 aromatic heterocycles. The van der Waals surface area contributed by atoms with Gasteiger partial charge in [-0.25, -0.2) is 8.78 Å². The first kappa shape index (κ1) is 21.5. The molecule has 1 atom stereocenters. The first-order valence-electron chi connectivity index (χ1n) is 8.94. The lowest BCUT2D eigenvalue weighted by Gasteiger charge is -2.37. The molecule has 0 saturated heterocycles. The van der Waals surface area contributed by atoms with Crippen molar-refractivity contribution in [2.24, 2.45) is 5.92 Å². The second kappa shape index (κ2) is 8.06. The maximum atomic E-state index is 12.7. The Balaban J connectivity index is 2.18. The summed E-state index contributed by atoms with van der Waals surface area (Å²) in [6.07, 6.45) is 2.38. The molecule has 2 aromatic rings. The van der Waals surface area contributed by atoms with Crippen LogP contribution in [0, 0.1) is 5.92 Å². The van der Waals surface area contributed by atoms with Crippen LogP contribution in [0.1, 0.15) is 65.3 Å². The van der Waals surface area contributed by atoms with Crippen LogP contribution in [0.2, 0.25) is 0 Å². The molecule has 2 heterocycles. The SMILES string of the molecule is CC(C)C(c1ccc(C(F)F)nc1)n1cc([B]OC(C)(C)C(C)(C)O)cn1. The molecule has 1 N–H and O–H groups in total. The van der Waals surface area contributed by atoms with E-state index in [2.05, 4.69) is 10.1 Å². The van der Waals surface area contributed by atoms with Gasteiger partial charge >= 0.3 is 7.48 Å². The zero-order chi connectivity index (χ0) is 20.4. The van der Waals surface area contributed by atoms with Crippen LogP contribution in [0.15, 0.2) is 30.7 Å². The van der Waals surface area contributed by atoms with E-state index in [1.54, 1.807) is 52.1 Å². The molecule has 27 heavy (non-hydrogen) atoms. The van der Waals surface area contributed by atoms with Gasteiger partial charge in [0.15, 0.2) is 0 Å². The van der Waals surface area contributed by atoms with E-state index in [9.17, 15) is 13.9 Å². The second-order valence-electron chi connectivity index (χ2n) is 8.06. The van der Waals surface area contributed by atoms with Gasteiger partial charge in [0, 0.05) is 18.6 Å². The summed E-state index contributed by atoms with van der Waals surface area (Å²) in [5.41, 5.74) is -0.477. The fourth-order valence-electron chi connectivity index (χ4n) is 2.49. The Labute approximate surface area is 160 Å². The van der Waals surface area contributed by atoms with Crippen molar-refractivity contribution in [1.82, 2.24) is 14.8 Å². The maximum Gasteiger partial charge on any atom is 0.334 e. The molecule has 0 fully saturated rings. The molecule has 147 valence electrons. The molecule has 8 heteroatoms. The Hall–Kier alpha value is -1.80. The van der Waals surface area contributed by atoms with Gasteiger partial charge in [-0.05, 0) is 50.7 Å². The molecule has 0 aliphatic rings. The summed E-state index contributed by atoms with van der Waals surface area (Å²) in [6, 6.07) is 2.87. The molecule has 0 bridgehead atoms. The van der Waals surface area contributed by atoms with Crippen molar-refractivity contribution in [3.8, 4) is 0 Å². The van der Waals surface area contributed by atoms with Gasteiger partial charge in [-0.15, -0.1) is 0 Å². The van der Waals surface area contributed by atoms with Crippen molar-refractivity contribution in [3.05, 3.63) is 42.0 Å². The van der Waals surface area contributed by atoms with Crippen molar-refractivity contribution in [2.45, 2.75) is 65.2 Å². The average Bonchev–Trinajstić information content (AvgIpc) is 3.01. The predicted octanol–water partition coefficient (Wildman–Crippen LogP) is 3.27. The number of pyridine rings is 1. The van der Waals surface area contributed by atoms with Crippen molar-refractivity contribution in [3.63, 3.8) is 0 Å². The fraction of sp³-hybridized carbons (Fsp3) is 0.579. The van der Waals surface area contributed by atoms with Crippen molar-refractivity contribution < 1.29 is 18.5 Å². The normalized spacial score (nSPS) is 14.0. The van der Waals surface area contributed by atoms with Crippen LogP contribution >= 0.6 is 0 Å². The molecule has 0 aliphatic heterocycles. The highest BCUT2D eigenvalue weighted by molar-refractivity contribution is 6.46. The minimum atomic E-state index is -2.58. The van der Waals surface area contributed by atoms with Crippen LogP contribution in [0.4, 0.5) is 8.78 Å². The molecule has 1 radical (unpaired) electrons. The molecule has 1 unspecified atom stereocenters. The third-order valence-corrected chi connectivity index (χ3v) is 4.88. The number of aromatic nitrogens is 3. The van der Waals surface area contributed by atoms with Gasteiger partial charge in [0.1, 0.15) is 5.69 Å². The molecule has 0 aromatic carbocycles. The van der Waals surface area contributed by atoms with Crippen LogP contribution in [0.5, 0.6) is 0 Å². The lowest BCUT2D eigenvalue weighted by atomic mass is 9.84. The number of aliphatic hydroxyl groups is 1. The van der Waals surface area contributed by atoms with E-state index in [4.69, 9.17) is 4.65 Å². The average molecular weight is 378 g/mol. The lowest BCUT2D eigenvalue weighted by molar-refractivity contribution is -0.0893. The van der Waals surface area contributed by atoms with E-state index >= 15 is 0 Å². The monoisotopic (exact) mass is 378 g/mol. The fourth-order valence-corrected chi connectivity index (χ4v) is 2.49. The summed E-state index contributed by atoms with van der Waals surface area (Å²) in [5.74, 6) is 0.172. The topological polar surface area (TPSA) is 60.2 Å². The molecule has 0 spiro atoms. The molecular formula is C19H27BF2N3O2. The Kier molecular flexibility index (Phi) is 6.42. The Morgan fingerprint density at radius 2 is 1.81 bits per heavy atom. The summed E-state index contributed by atoms with van der Waals surface area (Å²) in [4.78, 5) is 3.86. The minimum Gasteiger partial charge on any atom is -0.427 e. The minimum absolute atomic E-state index is 0.145. The highest BCUT2D eigenvalue weighted by Crippen LogP contribution is 2.27. The Morgan fingerprint density at radius 1 is 1.15 bits per heavy atom. The number of halogens is 2. The third-order valence-electron chi connectivity index (χ3n) is 4.88. The van der Waals surface area contributed by atoms with Crippen molar-refractivity contribution >= 4 is 12.9 Å². The van der Waals surface area contributed by atoms with Crippen LogP contribution in [-0.2, 0) is 4.65 Å². The van der Waals surface area contributed by atoms with Crippen LogP contribution < -0.4 is 5.46 Å². The van der Waals surface area contributed by atoms with E-state index in [0.29, 0.717) is 0 Å². The van der Waals surface area contributed by atoms with E-state index in [1.807, 2.05) is 20.0 Å². The summed E-state index contributed by atoms with van der Waals surface area (Å²) in [6.45, 7) is 11.1. The van der Waals surface area contributed by atoms with Gasteiger partial charge in [0.25, 0.3) is 6.43 Å². The van der Waals surface area contributed by atoms with Crippen molar-refractivity contribution in [2.75, 3.05) is 0 Å². The van der Waals surface area contributed by atoms with Crippen molar-refractivity contribution in [1.29, 1.82) is 0 Å². The smallest absolute Gasteiger partial charge is 0.334 e. The van der Waals surface area contributed by atoms with E-state index in [0.717, 1.165) is 11.0 Å². The standard InChI is InChI=1S/C19H27BF2N3O2/c1-12(2)16(13-7-8-15(17(21)22)23-9-13)25-11-14(10-24-25)20-27-19(5,6)18(3,4)26/h7-12,16-17,26H,1-6H3. The number of rotatable bonds is 8. The summed E-state index contributed by atoms with van der Waals surface area (Å²) in [7, 11) is 1.57. The van der Waals surface area contributed by atoms with Crippen LogP contribution in [0.3, 0.4) is 0 Å². The molecule has 2 rings (SSSR count). The summed E-state index contributed by atoms with van der Waals surface area (Å²) in [5, 5.41) is 14.6.